The first-order valence-electron chi connectivity index (χ1n) is 6.91. The molecule has 0 amide bonds. The van der Waals surface area contributed by atoms with Crippen LogP contribution in [-0.2, 0) is 0 Å². The highest BCUT2D eigenvalue weighted by Crippen LogP contribution is 2.42. The second kappa shape index (κ2) is 5.77. The van der Waals surface area contributed by atoms with Crippen LogP contribution < -0.4 is 5.32 Å². The Morgan fingerprint density at radius 3 is 2.60 bits per heavy atom. The van der Waals surface area contributed by atoms with Crippen molar-refractivity contribution in [2.45, 2.75) is 31.3 Å². The van der Waals surface area contributed by atoms with Crippen molar-refractivity contribution in [3.63, 3.8) is 0 Å². The number of benzene rings is 2. The second-order valence-corrected chi connectivity index (χ2v) is 6.26. The van der Waals surface area contributed by atoms with Crippen molar-refractivity contribution in [2.75, 3.05) is 0 Å². The van der Waals surface area contributed by atoms with E-state index in [1.807, 2.05) is 18.2 Å². The minimum atomic E-state index is 0.208. The Morgan fingerprint density at radius 2 is 1.85 bits per heavy atom. The molecule has 0 aromatic heterocycles. The van der Waals surface area contributed by atoms with E-state index in [4.69, 9.17) is 23.2 Å². The van der Waals surface area contributed by atoms with E-state index < -0.39 is 0 Å². The summed E-state index contributed by atoms with van der Waals surface area (Å²) >= 11 is 12.3. The summed E-state index contributed by atoms with van der Waals surface area (Å²) in [5.41, 5.74) is 2.48. The minimum Gasteiger partial charge on any atom is -0.307 e. The molecule has 1 N–H and O–H groups in total. The van der Waals surface area contributed by atoms with E-state index in [0.717, 1.165) is 15.6 Å². The fourth-order valence-electron chi connectivity index (χ4n) is 2.71. The summed E-state index contributed by atoms with van der Waals surface area (Å²) in [6.45, 7) is 2.14. The Kier molecular flexibility index (Phi) is 4.02. The van der Waals surface area contributed by atoms with E-state index in [1.54, 1.807) is 0 Å². The van der Waals surface area contributed by atoms with Gasteiger partial charge in [-0.1, -0.05) is 53.5 Å². The lowest BCUT2D eigenvalue weighted by Crippen LogP contribution is -2.22. The summed E-state index contributed by atoms with van der Waals surface area (Å²) in [6, 6.07) is 17.0. The lowest BCUT2D eigenvalue weighted by Gasteiger charge is -2.16. The molecule has 0 bridgehead atoms. The van der Waals surface area contributed by atoms with E-state index >= 15 is 0 Å². The third-order valence-electron chi connectivity index (χ3n) is 3.91. The van der Waals surface area contributed by atoms with Gasteiger partial charge in [0.15, 0.2) is 0 Å². The van der Waals surface area contributed by atoms with Gasteiger partial charge in [0.05, 0.1) is 0 Å². The highest BCUT2D eigenvalue weighted by atomic mass is 35.5. The third-order valence-corrected chi connectivity index (χ3v) is 4.49. The monoisotopic (exact) mass is 305 g/mol. The maximum absolute atomic E-state index is 6.25. The number of nitrogens with one attached hydrogen (secondary N) is 1. The average molecular weight is 306 g/mol. The van der Waals surface area contributed by atoms with Gasteiger partial charge in [0.25, 0.3) is 0 Å². The SMILES string of the molecule is CC(NC1CC1c1ccccc1)c1cc(Cl)ccc1Cl. The maximum atomic E-state index is 6.25. The molecule has 2 aromatic carbocycles. The summed E-state index contributed by atoms with van der Waals surface area (Å²) in [4.78, 5) is 0. The van der Waals surface area contributed by atoms with Crippen molar-refractivity contribution in [1.82, 2.24) is 5.32 Å². The lowest BCUT2D eigenvalue weighted by molar-refractivity contribution is 0.563. The van der Waals surface area contributed by atoms with Crippen molar-refractivity contribution in [2.24, 2.45) is 0 Å². The summed E-state index contributed by atoms with van der Waals surface area (Å²) in [7, 11) is 0. The second-order valence-electron chi connectivity index (χ2n) is 5.41. The largest absolute Gasteiger partial charge is 0.307 e. The molecule has 1 aliphatic carbocycles. The van der Waals surface area contributed by atoms with Crippen molar-refractivity contribution in [3.8, 4) is 0 Å². The van der Waals surface area contributed by atoms with E-state index in [2.05, 4.69) is 42.6 Å². The zero-order chi connectivity index (χ0) is 14.1. The Labute approximate surface area is 129 Å². The summed E-state index contributed by atoms with van der Waals surface area (Å²) < 4.78 is 0. The van der Waals surface area contributed by atoms with Crippen molar-refractivity contribution < 1.29 is 0 Å². The molecule has 20 heavy (non-hydrogen) atoms. The molecule has 1 saturated carbocycles. The first kappa shape index (κ1) is 13.9. The number of rotatable bonds is 4. The van der Waals surface area contributed by atoms with Crippen LogP contribution in [-0.4, -0.2) is 6.04 Å². The average Bonchev–Trinajstić information content (AvgIpc) is 3.21. The molecule has 3 unspecified atom stereocenters. The molecule has 1 nitrogen and oxygen atoms in total. The summed E-state index contributed by atoms with van der Waals surface area (Å²) in [6.07, 6.45) is 1.19. The molecule has 0 spiro atoms. The van der Waals surface area contributed by atoms with Gasteiger partial charge in [-0.25, -0.2) is 0 Å². The molecular weight excluding hydrogens is 289 g/mol. The van der Waals surface area contributed by atoms with Crippen molar-refractivity contribution in [1.29, 1.82) is 0 Å². The Bertz CT molecular complexity index is 597. The molecule has 3 heteroatoms. The van der Waals surface area contributed by atoms with Crippen LogP contribution in [0.4, 0.5) is 0 Å². The van der Waals surface area contributed by atoms with Gasteiger partial charge in [0.1, 0.15) is 0 Å². The summed E-state index contributed by atoms with van der Waals surface area (Å²) in [5, 5.41) is 5.14. The smallest absolute Gasteiger partial charge is 0.0454 e. The van der Waals surface area contributed by atoms with Crippen LogP contribution in [0.1, 0.15) is 36.4 Å². The van der Waals surface area contributed by atoms with Gasteiger partial charge in [-0.2, -0.15) is 0 Å². The van der Waals surface area contributed by atoms with Crippen LogP contribution in [0.15, 0.2) is 48.5 Å². The molecule has 1 fully saturated rings. The Hall–Kier alpha value is -1.02. The molecule has 2 aromatic rings. The van der Waals surface area contributed by atoms with Crippen molar-refractivity contribution in [3.05, 3.63) is 69.7 Å². The quantitative estimate of drug-likeness (QED) is 0.818. The van der Waals surface area contributed by atoms with Crippen LogP contribution in [0.5, 0.6) is 0 Å². The molecular formula is C17H17Cl2N. The molecule has 104 valence electrons. The zero-order valence-electron chi connectivity index (χ0n) is 11.3. The normalized spacial score (nSPS) is 22.6. The maximum Gasteiger partial charge on any atom is 0.0454 e. The fraction of sp³-hybridized carbons (Fsp3) is 0.294. The van der Waals surface area contributed by atoms with E-state index in [0.29, 0.717) is 12.0 Å². The van der Waals surface area contributed by atoms with Gasteiger partial charge >= 0.3 is 0 Å². The van der Waals surface area contributed by atoms with Gasteiger partial charge in [0.2, 0.25) is 0 Å². The highest BCUT2D eigenvalue weighted by molar-refractivity contribution is 6.33. The number of hydrogen-bond donors (Lipinski definition) is 1. The number of halogens is 2. The van der Waals surface area contributed by atoms with Gasteiger partial charge in [-0.3, -0.25) is 0 Å². The molecule has 0 heterocycles. The van der Waals surface area contributed by atoms with Crippen molar-refractivity contribution >= 4 is 23.2 Å². The van der Waals surface area contributed by atoms with Crippen LogP contribution in [0.25, 0.3) is 0 Å². The van der Waals surface area contributed by atoms with Gasteiger partial charge in [-0.05, 0) is 42.7 Å². The lowest BCUT2D eigenvalue weighted by atomic mass is 10.1. The van der Waals surface area contributed by atoms with Crippen LogP contribution >= 0.6 is 23.2 Å². The first-order chi connectivity index (χ1) is 9.65. The van der Waals surface area contributed by atoms with Crippen LogP contribution in [0, 0.1) is 0 Å². The molecule has 3 atom stereocenters. The van der Waals surface area contributed by atoms with Gasteiger partial charge in [-0.15, -0.1) is 0 Å². The zero-order valence-corrected chi connectivity index (χ0v) is 12.8. The molecule has 0 radical (unpaired) electrons. The van der Waals surface area contributed by atoms with Crippen LogP contribution in [0.2, 0.25) is 10.0 Å². The fourth-order valence-corrected chi connectivity index (χ4v) is 3.17. The van der Waals surface area contributed by atoms with Gasteiger partial charge in [0, 0.05) is 28.0 Å². The van der Waals surface area contributed by atoms with E-state index in [1.165, 1.54) is 12.0 Å². The molecule has 1 aliphatic rings. The minimum absolute atomic E-state index is 0.208. The highest BCUT2D eigenvalue weighted by Gasteiger charge is 2.38. The Balaban J connectivity index is 1.66. The predicted octanol–water partition coefficient (Wildman–Crippen LogP) is 5.20. The standard InChI is InChI=1S/C17H17Cl2N/c1-11(14-9-13(18)7-8-16(14)19)20-17-10-15(17)12-5-3-2-4-6-12/h2-9,11,15,17,20H,10H2,1H3. The van der Waals surface area contributed by atoms with E-state index in [9.17, 15) is 0 Å². The molecule has 0 aliphatic heterocycles. The van der Waals surface area contributed by atoms with E-state index in [-0.39, 0.29) is 6.04 Å². The number of hydrogen-bond acceptors (Lipinski definition) is 1. The Morgan fingerprint density at radius 1 is 1.10 bits per heavy atom. The first-order valence-corrected chi connectivity index (χ1v) is 7.66. The topological polar surface area (TPSA) is 12.0 Å². The molecule has 0 saturated heterocycles. The van der Waals surface area contributed by atoms with Gasteiger partial charge < -0.3 is 5.32 Å². The summed E-state index contributed by atoms with van der Waals surface area (Å²) in [5.74, 6) is 0.622. The molecule has 3 rings (SSSR count). The third kappa shape index (κ3) is 3.01. The predicted molar refractivity (Wildman–Crippen MR) is 85.6 cm³/mol. The van der Waals surface area contributed by atoms with Crippen LogP contribution in [0.3, 0.4) is 0 Å².